The van der Waals surface area contributed by atoms with Crippen LogP contribution in [0.2, 0.25) is 0 Å². The average Bonchev–Trinajstić information content (AvgIpc) is 2.38. The predicted molar refractivity (Wildman–Crippen MR) is 72.6 cm³/mol. The minimum Gasteiger partial charge on any atom is -0.396 e. The molecule has 1 N–H and O–H groups in total. The quantitative estimate of drug-likeness (QED) is 0.867. The lowest BCUT2D eigenvalue weighted by Gasteiger charge is -2.35. The van der Waals surface area contributed by atoms with E-state index in [4.69, 9.17) is 0 Å². The maximum atomic E-state index is 9.32. The number of nitrogens with zero attached hydrogens (tertiary/aromatic N) is 1. The molecule has 0 bridgehead atoms. The third kappa shape index (κ3) is 2.63. The van der Waals surface area contributed by atoms with Crippen LogP contribution in [-0.2, 0) is 6.42 Å². The lowest BCUT2D eigenvalue weighted by atomic mass is 9.96. The zero-order valence-electron chi connectivity index (χ0n) is 10.9. The van der Waals surface area contributed by atoms with Gasteiger partial charge in [0.25, 0.3) is 0 Å². The Morgan fingerprint density at radius 3 is 2.94 bits per heavy atom. The van der Waals surface area contributed by atoms with Crippen LogP contribution in [0.4, 0.5) is 5.69 Å². The first-order valence-electron chi connectivity index (χ1n) is 6.70. The fourth-order valence-corrected chi connectivity index (χ4v) is 2.87. The number of aryl methyl sites for hydroxylation is 2. The molecular weight excluding hydrogens is 210 g/mol. The summed E-state index contributed by atoms with van der Waals surface area (Å²) in [6.45, 7) is 6.87. The van der Waals surface area contributed by atoms with Gasteiger partial charge in [-0.2, -0.15) is 0 Å². The zero-order chi connectivity index (χ0) is 12.3. The molecule has 1 fully saturated rings. The van der Waals surface area contributed by atoms with Crippen LogP contribution >= 0.6 is 0 Å². The predicted octanol–water partition coefficient (Wildman–Crippen LogP) is 2.77. The van der Waals surface area contributed by atoms with Crippen molar-refractivity contribution in [3.63, 3.8) is 0 Å². The highest BCUT2D eigenvalue weighted by atomic mass is 16.3. The standard InChI is InChI=1S/C15H23NO/c1-3-14-8-4-6-12(2)15(14)16-9-5-7-13(10-16)11-17/h4,6,8,13,17H,3,5,7,9-11H2,1-2H3. The van der Waals surface area contributed by atoms with Crippen molar-refractivity contribution in [2.24, 2.45) is 5.92 Å². The van der Waals surface area contributed by atoms with E-state index in [1.54, 1.807) is 0 Å². The van der Waals surface area contributed by atoms with Gasteiger partial charge in [0.15, 0.2) is 0 Å². The molecule has 1 unspecified atom stereocenters. The summed E-state index contributed by atoms with van der Waals surface area (Å²) in [4.78, 5) is 2.47. The molecule has 0 aromatic heterocycles. The fourth-order valence-electron chi connectivity index (χ4n) is 2.87. The Kier molecular flexibility index (Phi) is 4.06. The molecule has 1 atom stereocenters. The van der Waals surface area contributed by atoms with Crippen LogP contribution in [0, 0.1) is 12.8 Å². The first kappa shape index (κ1) is 12.4. The minimum atomic E-state index is 0.323. The Morgan fingerprint density at radius 2 is 2.24 bits per heavy atom. The van der Waals surface area contributed by atoms with E-state index >= 15 is 0 Å². The van der Waals surface area contributed by atoms with E-state index in [2.05, 4.69) is 36.9 Å². The van der Waals surface area contributed by atoms with Gasteiger partial charge in [-0.05, 0) is 43.2 Å². The molecule has 17 heavy (non-hydrogen) atoms. The number of benzene rings is 1. The number of aliphatic hydroxyl groups is 1. The Balaban J connectivity index is 2.26. The molecule has 2 nitrogen and oxygen atoms in total. The summed E-state index contributed by atoms with van der Waals surface area (Å²) in [5.74, 6) is 0.452. The average molecular weight is 233 g/mol. The summed E-state index contributed by atoms with van der Waals surface area (Å²) in [5.41, 5.74) is 4.21. The van der Waals surface area contributed by atoms with Gasteiger partial charge in [0.2, 0.25) is 0 Å². The molecule has 0 radical (unpaired) electrons. The van der Waals surface area contributed by atoms with Crippen LogP contribution in [0.15, 0.2) is 18.2 Å². The van der Waals surface area contributed by atoms with Crippen LogP contribution in [-0.4, -0.2) is 24.8 Å². The third-order valence-corrected chi connectivity index (χ3v) is 3.80. The van der Waals surface area contributed by atoms with Crippen molar-refractivity contribution in [2.45, 2.75) is 33.1 Å². The molecule has 0 saturated carbocycles. The second-order valence-corrected chi connectivity index (χ2v) is 5.07. The highest BCUT2D eigenvalue weighted by Crippen LogP contribution is 2.29. The number of rotatable bonds is 3. The number of piperidine rings is 1. The van der Waals surface area contributed by atoms with E-state index in [9.17, 15) is 5.11 Å². The van der Waals surface area contributed by atoms with Crippen LogP contribution in [0.25, 0.3) is 0 Å². The molecule has 1 saturated heterocycles. The lowest BCUT2D eigenvalue weighted by molar-refractivity contribution is 0.208. The molecule has 0 aliphatic carbocycles. The monoisotopic (exact) mass is 233 g/mol. The van der Waals surface area contributed by atoms with E-state index in [0.29, 0.717) is 12.5 Å². The highest BCUT2D eigenvalue weighted by molar-refractivity contribution is 5.59. The topological polar surface area (TPSA) is 23.5 Å². The number of anilines is 1. The second kappa shape index (κ2) is 5.54. The van der Waals surface area contributed by atoms with Gasteiger partial charge in [-0.15, -0.1) is 0 Å². The normalized spacial score (nSPS) is 20.6. The molecule has 1 aliphatic rings. The van der Waals surface area contributed by atoms with Crippen LogP contribution < -0.4 is 4.90 Å². The van der Waals surface area contributed by atoms with Crippen molar-refractivity contribution >= 4 is 5.69 Å². The number of hydrogen-bond acceptors (Lipinski definition) is 2. The van der Waals surface area contributed by atoms with E-state index < -0.39 is 0 Å². The SMILES string of the molecule is CCc1cccc(C)c1N1CCCC(CO)C1. The van der Waals surface area contributed by atoms with Crippen LogP contribution in [0.1, 0.15) is 30.9 Å². The third-order valence-electron chi connectivity index (χ3n) is 3.80. The summed E-state index contributed by atoms with van der Waals surface area (Å²) in [6, 6.07) is 6.56. The zero-order valence-corrected chi connectivity index (χ0v) is 10.9. The van der Waals surface area contributed by atoms with E-state index in [0.717, 1.165) is 19.5 Å². The molecule has 2 heteroatoms. The second-order valence-electron chi connectivity index (χ2n) is 5.07. The molecule has 1 aromatic rings. The summed E-state index contributed by atoms with van der Waals surface area (Å²) < 4.78 is 0. The molecule has 94 valence electrons. The molecule has 1 heterocycles. The summed E-state index contributed by atoms with van der Waals surface area (Å²) in [6.07, 6.45) is 3.44. The van der Waals surface area contributed by atoms with E-state index in [-0.39, 0.29) is 0 Å². The Morgan fingerprint density at radius 1 is 1.41 bits per heavy atom. The van der Waals surface area contributed by atoms with Crippen LogP contribution in [0.3, 0.4) is 0 Å². The lowest BCUT2D eigenvalue weighted by Crippen LogP contribution is -2.37. The summed E-state index contributed by atoms with van der Waals surface area (Å²) in [5, 5.41) is 9.32. The Hall–Kier alpha value is -1.02. The van der Waals surface area contributed by atoms with E-state index in [1.807, 2.05) is 0 Å². The first-order chi connectivity index (χ1) is 8.26. The van der Waals surface area contributed by atoms with Crippen molar-refractivity contribution < 1.29 is 5.11 Å². The smallest absolute Gasteiger partial charge is 0.0476 e. The molecular formula is C15H23NO. The summed E-state index contributed by atoms with van der Waals surface area (Å²) in [7, 11) is 0. The van der Waals surface area contributed by atoms with Crippen LogP contribution in [0.5, 0.6) is 0 Å². The van der Waals surface area contributed by atoms with Gasteiger partial charge in [0, 0.05) is 25.4 Å². The fraction of sp³-hybridized carbons (Fsp3) is 0.600. The first-order valence-corrected chi connectivity index (χ1v) is 6.70. The van der Waals surface area contributed by atoms with E-state index in [1.165, 1.54) is 29.7 Å². The van der Waals surface area contributed by atoms with Gasteiger partial charge in [0.05, 0.1) is 0 Å². The Bertz CT molecular complexity index is 375. The van der Waals surface area contributed by atoms with Gasteiger partial charge in [0.1, 0.15) is 0 Å². The van der Waals surface area contributed by atoms with Crippen molar-refractivity contribution in [3.05, 3.63) is 29.3 Å². The minimum absolute atomic E-state index is 0.323. The molecule has 1 aliphatic heterocycles. The number of para-hydroxylation sites is 1. The Labute approximate surface area is 104 Å². The van der Waals surface area contributed by atoms with Gasteiger partial charge in [-0.3, -0.25) is 0 Å². The summed E-state index contributed by atoms with van der Waals surface area (Å²) >= 11 is 0. The van der Waals surface area contributed by atoms with Crippen molar-refractivity contribution in [1.29, 1.82) is 0 Å². The van der Waals surface area contributed by atoms with Gasteiger partial charge >= 0.3 is 0 Å². The maximum absolute atomic E-state index is 9.32. The van der Waals surface area contributed by atoms with Gasteiger partial charge in [-0.25, -0.2) is 0 Å². The largest absolute Gasteiger partial charge is 0.396 e. The van der Waals surface area contributed by atoms with Crippen molar-refractivity contribution in [1.82, 2.24) is 0 Å². The van der Waals surface area contributed by atoms with Gasteiger partial charge < -0.3 is 10.0 Å². The van der Waals surface area contributed by atoms with Gasteiger partial charge in [-0.1, -0.05) is 25.1 Å². The maximum Gasteiger partial charge on any atom is 0.0476 e. The van der Waals surface area contributed by atoms with Crippen molar-refractivity contribution in [3.8, 4) is 0 Å². The highest BCUT2D eigenvalue weighted by Gasteiger charge is 2.21. The number of hydrogen-bond donors (Lipinski definition) is 1. The molecule has 2 rings (SSSR count). The van der Waals surface area contributed by atoms with Crippen molar-refractivity contribution in [2.75, 3.05) is 24.6 Å². The molecule has 0 amide bonds. The molecule has 0 spiro atoms. The molecule has 1 aromatic carbocycles. The number of aliphatic hydroxyl groups excluding tert-OH is 1.